The molecule has 30 heavy (non-hydrogen) atoms. The molecule has 3 aromatic rings. The molecular formula is C26H38N2OS. The average molecular weight is 427 g/mol. The summed E-state index contributed by atoms with van der Waals surface area (Å²) in [5.74, 6) is 0.971. The van der Waals surface area contributed by atoms with E-state index in [1.165, 1.54) is 80.3 Å². The molecule has 0 saturated carbocycles. The Morgan fingerprint density at radius 3 is 2.17 bits per heavy atom. The Morgan fingerprint density at radius 2 is 1.47 bits per heavy atom. The largest absolute Gasteiger partial charge is 0.494 e. The molecule has 2 heterocycles. The van der Waals surface area contributed by atoms with E-state index in [4.69, 9.17) is 9.72 Å². The molecule has 0 amide bonds. The van der Waals surface area contributed by atoms with Gasteiger partial charge in [-0.2, -0.15) is 0 Å². The summed E-state index contributed by atoms with van der Waals surface area (Å²) in [4.78, 5) is 7.18. The van der Waals surface area contributed by atoms with E-state index in [0.717, 1.165) is 30.2 Å². The Kier molecular flexibility index (Phi) is 9.75. The predicted molar refractivity (Wildman–Crippen MR) is 130 cm³/mol. The molecule has 0 aliphatic heterocycles. The van der Waals surface area contributed by atoms with Crippen molar-refractivity contribution >= 4 is 16.3 Å². The van der Waals surface area contributed by atoms with Crippen LogP contribution in [0.1, 0.15) is 90.2 Å². The van der Waals surface area contributed by atoms with Crippen LogP contribution in [0.25, 0.3) is 15.4 Å². The van der Waals surface area contributed by atoms with E-state index in [1.807, 2.05) is 0 Å². The zero-order chi connectivity index (χ0) is 21.0. The lowest BCUT2D eigenvalue weighted by atomic mass is 10.1. The van der Waals surface area contributed by atoms with Crippen molar-refractivity contribution in [1.29, 1.82) is 0 Å². The number of hydrogen-bond donors (Lipinski definition) is 0. The molecule has 3 nitrogen and oxygen atoms in total. The number of hydrogen-bond acceptors (Lipinski definition) is 3. The molecule has 0 N–H and O–H groups in total. The van der Waals surface area contributed by atoms with E-state index < -0.39 is 0 Å². The van der Waals surface area contributed by atoms with Crippen LogP contribution in [0.2, 0.25) is 0 Å². The van der Waals surface area contributed by atoms with Gasteiger partial charge in [-0.3, -0.25) is 4.40 Å². The summed E-state index contributed by atoms with van der Waals surface area (Å²) in [6.45, 7) is 5.34. The monoisotopic (exact) mass is 426 g/mol. The number of aryl methyl sites for hydroxylation is 1. The summed E-state index contributed by atoms with van der Waals surface area (Å²) in [6.07, 6.45) is 19.8. The van der Waals surface area contributed by atoms with Crippen molar-refractivity contribution in [2.75, 3.05) is 6.61 Å². The van der Waals surface area contributed by atoms with E-state index in [0.29, 0.717) is 0 Å². The number of aromatic nitrogens is 2. The van der Waals surface area contributed by atoms with Crippen LogP contribution in [-0.4, -0.2) is 16.0 Å². The Hall–Kier alpha value is -1.81. The number of unbranched alkanes of at least 4 members (excludes halogenated alkanes) is 9. The molecule has 0 bridgehead atoms. The topological polar surface area (TPSA) is 26.5 Å². The molecule has 0 saturated heterocycles. The molecule has 0 radical (unpaired) electrons. The van der Waals surface area contributed by atoms with Crippen LogP contribution in [0.3, 0.4) is 0 Å². The Morgan fingerprint density at radius 1 is 0.800 bits per heavy atom. The number of fused-ring (bicyclic) bond motifs is 1. The number of ether oxygens (including phenoxy) is 1. The highest BCUT2D eigenvalue weighted by Gasteiger charge is 2.08. The second-order valence-corrected chi connectivity index (χ2v) is 9.33. The molecule has 0 spiro atoms. The fourth-order valence-corrected chi connectivity index (χ4v) is 4.79. The summed E-state index contributed by atoms with van der Waals surface area (Å²) >= 11 is 1.77. The van der Waals surface area contributed by atoms with Crippen molar-refractivity contribution in [3.8, 4) is 16.2 Å². The molecule has 0 aliphatic carbocycles. The first-order chi connectivity index (χ1) is 14.8. The summed E-state index contributed by atoms with van der Waals surface area (Å²) in [5, 5.41) is 0. The van der Waals surface area contributed by atoms with E-state index in [-0.39, 0.29) is 0 Å². The van der Waals surface area contributed by atoms with Gasteiger partial charge in [-0.15, -0.1) is 0 Å². The van der Waals surface area contributed by atoms with Gasteiger partial charge in [0.25, 0.3) is 0 Å². The van der Waals surface area contributed by atoms with Crippen LogP contribution in [-0.2, 0) is 6.42 Å². The lowest BCUT2D eigenvalue weighted by molar-refractivity contribution is 0.304. The third-order valence-corrected chi connectivity index (χ3v) is 6.69. The minimum absolute atomic E-state index is 0.819. The maximum Gasteiger partial charge on any atom is 0.194 e. The lowest BCUT2D eigenvalue weighted by Gasteiger charge is -2.06. The minimum Gasteiger partial charge on any atom is -0.494 e. The fourth-order valence-electron chi connectivity index (χ4n) is 3.80. The standard InChI is InChI=1S/C26H38N2OS/c1-3-5-7-9-11-13-19-29-24-17-15-22(16-18-24)25-21-28-20-23(27-26(28)30-25)14-12-10-8-6-4-2/h15-18,20-21H,3-14,19H2,1-2H3. The predicted octanol–water partition coefficient (Wildman–Crippen LogP) is 8.32. The smallest absolute Gasteiger partial charge is 0.194 e. The van der Waals surface area contributed by atoms with Crippen LogP contribution in [0, 0.1) is 0 Å². The van der Waals surface area contributed by atoms with Gasteiger partial charge in [0, 0.05) is 12.4 Å². The van der Waals surface area contributed by atoms with E-state index >= 15 is 0 Å². The molecule has 0 atom stereocenters. The first-order valence-corrected chi connectivity index (χ1v) is 12.8. The van der Waals surface area contributed by atoms with Crippen molar-refractivity contribution in [2.24, 2.45) is 0 Å². The number of nitrogens with zero attached hydrogens (tertiary/aromatic N) is 2. The molecular weight excluding hydrogens is 388 g/mol. The van der Waals surface area contributed by atoms with Gasteiger partial charge >= 0.3 is 0 Å². The maximum atomic E-state index is 5.91. The van der Waals surface area contributed by atoms with Crippen molar-refractivity contribution in [3.63, 3.8) is 0 Å². The molecule has 2 aromatic heterocycles. The summed E-state index contributed by atoms with van der Waals surface area (Å²) in [7, 11) is 0. The second kappa shape index (κ2) is 12.8. The molecule has 4 heteroatoms. The van der Waals surface area contributed by atoms with Gasteiger partial charge in [-0.25, -0.2) is 4.98 Å². The second-order valence-electron chi connectivity index (χ2n) is 8.32. The quantitative estimate of drug-likeness (QED) is 0.228. The van der Waals surface area contributed by atoms with Crippen LogP contribution in [0.4, 0.5) is 0 Å². The van der Waals surface area contributed by atoms with Crippen molar-refractivity contribution in [1.82, 2.24) is 9.38 Å². The van der Waals surface area contributed by atoms with E-state index in [2.05, 4.69) is 54.9 Å². The van der Waals surface area contributed by atoms with Crippen LogP contribution in [0.5, 0.6) is 5.75 Å². The summed E-state index contributed by atoms with van der Waals surface area (Å²) < 4.78 is 8.10. The third kappa shape index (κ3) is 7.16. The molecule has 1 aromatic carbocycles. The van der Waals surface area contributed by atoms with Crippen molar-refractivity contribution in [2.45, 2.75) is 90.9 Å². The zero-order valence-electron chi connectivity index (χ0n) is 18.9. The number of benzene rings is 1. The fraction of sp³-hybridized carbons (Fsp3) is 0.577. The first kappa shape index (κ1) is 22.9. The van der Waals surface area contributed by atoms with Crippen molar-refractivity contribution < 1.29 is 4.74 Å². The van der Waals surface area contributed by atoms with Gasteiger partial charge < -0.3 is 4.74 Å². The Balaban J connectivity index is 1.44. The number of imidazole rings is 1. The maximum absolute atomic E-state index is 5.91. The highest BCUT2D eigenvalue weighted by atomic mass is 32.1. The van der Waals surface area contributed by atoms with Gasteiger partial charge in [0.1, 0.15) is 5.75 Å². The van der Waals surface area contributed by atoms with Crippen LogP contribution in [0.15, 0.2) is 36.7 Å². The van der Waals surface area contributed by atoms with Gasteiger partial charge in [0.15, 0.2) is 4.96 Å². The molecule has 3 rings (SSSR count). The Labute approximate surface area is 186 Å². The lowest BCUT2D eigenvalue weighted by Crippen LogP contribution is -1.97. The SMILES string of the molecule is CCCCCCCCOc1ccc(-c2cn3cc(CCCCCCC)nc3s2)cc1. The van der Waals surface area contributed by atoms with Gasteiger partial charge in [0.05, 0.1) is 17.2 Å². The molecule has 0 fully saturated rings. The van der Waals surface area contributed by atoms with E-state index in [1.54, 1.807) is 11.3 Å². The van der Waals surface area contributed by atoms with Crippen LogP contribution < -0.4 is 4.74 Å². The Bertz CT molecular complexity index is 818. The summed E-state index contributed by atoms with van der Waals surface area (Å²) in [5.41, 5.74) is 2.46. The van der Waals surface area contributed by atoms with Crippen molar-refractivity contribution in [3.05, 3.63) is 42.4 Å². The average Bonchev–Trinajstić information content (AvgIpc) is 3.32. The number of rotatable bonds is 15. The van der Waals surface area contributed by atoms with Gasteiger partial charge in [-0.05, 0) is 49.1 Å². The molecule has 0 unspecified atom stereocenters. The third-order valence-electron chi connectivity index (χ3n) is 5.65. The summed E-state index contributed by atoms with van der Waals surface area (Å²) in [6, 6.07) is 8.51. The first-order valence-electron chi connectivity index (χ1n) is 12.0. The van der Waals surface area contributed by atoms with Gasteiger partial charge in [0.2, 0.25) is 0 Å². The molecule has 0 aliphatic rings. The van der Waals surface area contributed by atoms with E-state index in [9.17, 15) is 0 Å². The number of thiazole rings is 1. The highest BCUT2D eigenvalue weighted by molar-refractivity contribution is 7.20. The molecule has 164 valence electrons. The minimum atomic E-state index is 0.819. The van der Waals surface area contributed by atoms with Crippen LogP contribution >= 0.6 is 11.3 Å². The zero-order valence-corrected chi connectivity index (χ0v) is 19.7. The normalized spacial score (nSPS) is 11.4. The highest BCUT2D eigenvalue weighted by Crippen LogP contribution is 2.30. The van der Waals surface area contributed by atoms with Gasteiger partial charge in [-0.1, -0.05) is 83.0 Å².